The fourth-order valence-electron chi connectivity index (χ4n) is 1.69. The quantitative estimate of drug-likeness (QED) is 0.630. The van der Waals surface area contributed by atoms with Crippen molar-refractivity contribution in [2.45, 2.75) is 20.0 Å². The van der Waals surface area contributed by atoms with Crippen LogP contribution < -0.4 is 9.64 Å². The van der Waals surface area contributed by atoms with Crippen LogP contribution in [-0.4, -0.2) is 23.1 Å². The van der Waals surface area contributed by atoms with Crippen molar-refractivity contribution in [2.24, 2.45) is 0 Å². The number of rotatable bonds is 4. The Hall–Kier alpha value is -2.61. The van der Waals surface area contributed by atoms with Gasteiger partial charge in [-0.05, 0) is 31.5 Å². The molecule has 2 aromatic rings. The monoisotopic (exact) mass is 268 g/mol. The molecule has 1 heterocycles. The summed E-state index contributed by atoms with van der Waals surface area (Å²) in [7, 11) is 1.62. The Morgan fingerprint density at radius 3 is 2.20 bits per heavy atom. The lowest BCUT2D eigenvalue weighted by atomic mass is 10.1. The maximum Gasteiger partial charge on any atom is 0.238 e. The smallest absolute Gasteiger partial charge is 0.238 e. The van der Waals surface area contributed by atoms with E-state index in [1.54, 1.807) is 19.4 Å². The second-order valence-corrected chi connectivity index (χ2v) is 4.62. The van der Waals surface area contributed by atoms with Crippen molar-refractivity contribution in [3.8, 4) is 23.1 Å². The molecule has 2 rings (SSSR count). The number of hydrogen-bond acceptors (Lipinski definition) is 5. The molecule has 0 atom stereocenters. The van der Waals surface area contributed by atoms with Gasteiger partial charge in [-0.15, -0.1) is 0 Å². The summed E-state index contributed by atoms with van der Waals surface area (Å²) in [5.41, 5.74) is 1.91. The van der Waals surface area contributed by atoms with Crippen molar-refractivity contribution in [1.82, 2.24) is 9.97 Å². The number of ether oxygens (including phenoxy) is 1. The van der Waals surface area contributed by atoms with Crippen LogP contribution in [0.5, 0.6) is 5.75 Å². The van der Waals surface area contributed by atoms with E-state index >= 15 is 0 Å². The van der Waals surface area contributed by atoms with Gasteiger partial charge in [0.15, 0.2) is 6.19 Å². The molecule has 0 fully saturated rings. The molecular formula is C15H16N4O. The van der Waals surface area contributed by atoms with Crippen LogP contribution in [-0.2, 0) is 0 Å². The van der Waals surface area contributed by atoms with Crippen LogP contribution in [0.15, 0.2) is 36.7 Å². The summed E-state index contributed by atoms with van der Waals surface area (Å²) in [6.45, 7) is 3.98. The number of benzene rings is 1. The van der Waals surface area contributed by atoms with Crippen molar-refractivity contribution in [3.63, 3.8) is 0 Å². The Morgan fingerprint density at radius 2 is 1.70 bits per heavy atom. The van der Waals surface area contributed by atoms with Crippen molar-refractivity contribution in [1.29, 1.82) is 5.26 Å². The van der Waals surface area contributed by atoms with Crippen LogP contribution in [0.3, 0.4) is 0 Å². The molecule has 5 heteroatoms. The lowest BCUT2D eigenvalue weighted by Gasteiger charge is -2.10. The molecule has 0 radical (unpaired) electrons. The van der Waals surface area contributed by atoms with Crippen LogP contribution in [0.2, 0.25) is 0 Å². The van der Waals surface area contributed by atoms with E-state index in [-0.39, 0.29) is 6.10 Å². The highest BCUT2D eigenvalue weighted by atomic mass is 16.5. The molecule has 5 nitrogen and oxygen atoms in total. The van der Waals surface area contributed by atoms with E-state index in [1.807, 2.05) is 44.3 Å². The van der Waals surface area contributed by atoms with Crippen molar-refractivity contribution >= 4 is 5.95 Å². The van der Waals surface area contributed by atoms with Crippen LogP contribution in [0, 0.1) is 11.5 Å². The van der Waals surface area contributed by atoms with Crippen molar-refractivity contribution in [2.75, 3.05) is 11.9 Å². The van der Waals surface area contributed by atoms with E-state index in [1.165, 1.54) is 4.90 Å². The molecule has 0 spiro atoms. The maximum atomic E-state index is 8.76. The molecule has 1 aromatic carbocycles. The fraction of sp³-hybridized carbons (Fsp3) is 0.267. The standard InChI is InChI=1S/C15H16N4O/c1-11(2)20-14-6-4-12(5-7-14)13-8-17-15(18-9-13)19(3)10-16/h4-9,11H,1-3H3. The van der Waals surface area contributed by atoms with E-state index in [2.05, 4.69) is 9.97 Å². The van der Waals surface area contributed by atoms with E-state index < -0.39 is 0 Å². The molecule has 102 valence electrons. The normalized spacial score (nSPS) is 10.2. The first-order chi connectivity index (χ1) is 9.60. The topological polar surface area (TPSA) is 62.0 Å². The summed E-state index contributed by atoms with van der Waals surface area (Å²) in [6, 6.07) is 7.77. The van der Waals surface area contributed by atoms with Crippen molar-refractivity contribution < 1.29 is 4.74 Å². The van der Waals surface area contributed by atoms with Crippen LogP contribution in [0.25, 0.3) is 11.1 Å². The summed E-state index contributed by atoms with van der Waals surface area (Å²) in [5, 5.41) is 8.76. The molecule has 0 saturated heterocycles. The Labute approximate surface area is 118 Å². The Bertz CT molecular complexity index is 599. The largest absolute Gasteiger partial charge is 0.491 e. The van der Waals surface area contributed by atoms with Gasteiger partial charge in [-0.3, -0.25) is 4.90 Å². The minimum Gasteiger partial charge on any atom is -0.491 e. The third-order valence-electron chi connectivity index (χ3n) is 2.65. The number of anilines is 1. The van der Waals surface area contributed by atoms with Crippen LogP contribution in [0.4, 0.5) is 5.95 Å². The van der Waals surface area contributed by atoms with Gasteiger partial charge in [0.1, 0.15) is 5.75 Å². The third-order valence-corrected chi connectivity index (χ3v) is 2.65. The average Bonchev–Trinajstić information content (AvgIpc) is 2.47. The SMILES string of the molecule is CC(C)Oc1ccc(-c2cnc(N(C)C#N)nc2)cc1. The predicted octanol–water partition coefficient (Wildman–Crippen LogP) is 2.85. The molecule has 0 aliphatic heterocycles. The summed E-state index contributed by atoms with van der Waals surface area (Å²) in [5.74, 6) is 1.22. The van der Waals surface area contributed by atoms with Gasteiger partial charge in [0.25, 0.3) is 0 Å². The first kappa shape index (κ1) is 13.8. The lowest BCUT2D eigenvalue weighted by Crippen LogP contribution is -2.11. The average molecular weight is 268 g/mol. The minimum absolute atomic E-state index is 0.157. The molecular weight excluding hydrogens is 252 g/mol. The highest BCUT2D eigenvalue weighted by Crippen LogP contribution is 2.22. The second kappa shape index (κ2) is 6.02. The molecule has 0 bridgehead atoms. The highest BCUT2D eigenvalue weighted by Gasteiger charge is 2.05. The number of aromatic nitrogens is 2. The lowest BCUT2D eigenvalue weighted by molar-refractivity contribution is 0.242. The third kappa shape index (κ3) is 3.23. The Balaban J connectivity index is 2.18. The van der Waals surface area contributed by atoms with E-state index in [0.29, 0.717) is 5.95 Å². The van der Waals surface area contributed by atoms with Gasteiger partial charge in [0, 0.05) is 25.0 Å². The molecule has 0 saturated carbocycles. The molecule has 0 aliphatic carbocycles. The molecule has 0 aliphatic rings. The Morgan fingerprint density at radius 1 is 1.10 bits per heavy atom. The zero-order valence-corrected chi connectivity index (χ0v) is 11.7. The van der Waals surface area contributed by atoms with Gasteiger partial charge in [-0.25, -0.2) is 9.97 Å². The number of hydrogen-bond donors (Lipinski definition) is 0. The summed E-state index contributed by atoms with van der Waals surface area (Å²) >= 11 is 0. The molecule has 0 amide bonds. The number of nitriles is 1. The zero-order valence-electron chi connectivity index (χ0n) is 11.7. The maximum absolute atomic E-state index is 8.76. The highest BCUT2D eigenvalue weighted by molar-refractivity contribution is 5.63. The van der Waals surface area contributed by atoms with E-state index in [0.717, 1.165) is 16.9 Å². The van der Waals surface area contributed by atoms with Crippen LogP contribution in [0.1, 0.15) is 13.8 Å². The predicted molar refractivity (Wildman–Crippen MR) is 77.2 cm³/mol. The summed E-state index contributed by atoms with van der Waals surface area (Å²) in [4.78, 5) is 9.62. The van der Waals surface area contributed by atoms with Gasteiger partial charge in [0.2, 0.25) is 5.95 Å². The van der Waals surface area contributed by atoms with E-state index in [4.69, 9.17) is 10.00 Å². The molecule has 1 aromatic heterocycles. The molecule has 0 unspecified atom stereocenters. The summed E-state index contributed by atoms with van der Waals surface area (Å²) < 4.78 is 5.60. The minimum atomic E-state index is 0.157. The van der Waals surface area contributed by atoms with Gasteiger partial charge < -0.3 is 4.74 Å². The van der Waals surface area contributed by atoms with Gasteiger partial charge in [-0.1, -0.05) is 12.1 Å². The fourth-order valence-corrected chi connectivity index (χ4v) is 1.69. The van der Waals surface area contributed by atoms with Gasteiger partial charge in [-0.2, -0.15) is 5.26 Å². The molecule has 20 heavy (non-hydrogen) atoms. The van der Waals surface area contributed by atoms with Gasteiger partial charge in [0.05, 0.1) is 6.10 Å². The zero-order chi connectivity index (χ0) is 14.5. The number of nitrogens with zero attached hydrogens (tertiary/aromatic N) is 4. The van der Waals surface area contributed by atoms with Crippen molar-refractivity contribution in [3.05, 3.63) is 36.7 Å². The van der Waals surface area contributed by atoms with E-state index in [9.17, 15) is 0 Å². The van der Waals surface area contributed by atoms with Crippen LogP contribution >= 0.6 is 0 Å². The Kier molecular flexibility index (Phi) is 4.16. The summed E-state index contributed by atoms with van der Waals surface area (Å²) in [6.07, 6.45) is 5.52. The first-order valence-corrected chi connectivity index (χ1v) is 6.32. The van der Waals surface area contributed by atoms with Gasteiger partial charge >= 0.3 is 0 Å². The second-order valence-electron chi connectivity index (χ2n) is 4.62. The molecule has 0 N–H and O–H groups in total. The first-order valence-electron chi connectivity index (χ1n) is 6.32.